The summed E-state index contributed by atoms with van der Waals surface area (Å²) in [4.78, 5) is 17.2. The summed E-state index contributed by atoms with van der Waals surface area (Å²) in [7, 11) is 1.63. The van der Waals surface area contributed by atoms with Crippen molar-refractivity contribution < 1.29 is 14.3 Å². The van der Waals surface area contributed by atoms with Crippen molar-refractivity contribution >= 4 is 16.9 Å². The summed E-state index contributed by atoms with van der Waals surface area (Å²) >= 11 is 0. The van der Waals surface area contributed by atoms with Crippen LogP contribution in [0.4, 0.5) is 0 Å². The minimum Gasteiger partial charge on any atom is -0.497 e. The topological polar surface area (TPSA) is 65.4 Å². The van der Waals surface area contributed by atoms with Gasteiger partial charge in [0.1, 0.15) is 23.9 Å². The van der Waals surface area contributed by atoms with E-state index in [0.29, 0.717) is 32.5 Å². The number of benzene rings is 3. The molecule has 1 N–H and O–H groups in total. The number of aryl methyl sites for hydroxylation is 1. The van der Waals surface area contributed by atoms with Crippen LogP contribution in [0.25, 0.3) is 11.0 Å². The lowest BCUT2D eigenvalue weighted by Gasteiger charge is -2.13. The molecule has 1 amide bonds. The Morgan fingerprint density at radius 1 is 1.00 bits per heavy atom. The Hall–Kier alpha value is -3.80. The molecule has 34 heavy (non-hydrogen) atoms. The number of aromatic nitrogens is 2. The van der Waals surface area contributed by atoms with Crippen molar-refractivity contribution in [3.05, 3.63) is 89.2 Å². The first-order chi connectivity index (χ1) is 16.5. The molecular formula is C28H31N3O3. The van der Waals surface area contributed by atoms with Crippen LogP contribution in [0.3, 0.4) is 0 Å². The standard InChI is InChI=1S/C28H31N3O3/c1-20-7-6-10-26(21(20)2)34-18-17-31-25-9-5-4-8-24(25)30-27(31)15-16-29-28(32)19-22-11-13-23(33-3)14-12-22/h4-14H,15-19H2,1-3H3,(H,29,32). The Labute approximate surface area is 200 Å². The van der Waals surface area contributed by atoms with Gasteiger partial charge in [-0.15, -0.1) is 0 Å². The van der Waals surface area contributed by atoms with Gasteiger partial charge in [-0.2, -0.15) is 0 Å². The van der Waals surface area contributed by atoms with E-state index >= 15 is 0 Å². The van der Waals surface area contributed by atoms with E-state index < -0.39 is 0 Å². The molecule has 0 fully saturated rings. The van der Waals surface area contributed by atoms with Crippen molar-refractivity contribution in [2.45, 2.75) is 33.2 Å². The number of carbonyl (C=O) groups is 1. The van der Waals surface area contributed by atoms with Gasteiger partial charge in [0.2, 0.25) is 5.91 Å². The zero-order valence-corrected chi connectivity index (χ0v) is 20.0. The number of imidazole rings is 1. The van der Waals surface area contributed by atoms with Gasteiger partial charge in [-0.05, 0) is 60.9 Å². The number of rotatable bonds is 10. The molecule has 0 spiro atoms. The van der Waals surface area contributed by atoms with Gasteiger partial charge in [0, 0.05) is 13.0 Å². The fourth-order valence-corrected chi connectivity index (χ4v) is 4.00. The Morgan fingerprint density at radius 2 is 1.79 bits per heavy atom. The number of hydrogen-bond acceptors (Lipinski definition) is 4. The van der Waals surface area contributed by atoms with Crippen molar-refractivity contribution in [2.75, 3.05) is 20.3 Å². The Kier molecular flexibility index (Phi) is 7.48. The predicted octanol–water partition coefficient (Wildman–Crippen LogP) is 4.64. The molecule has 0 saturated carbocycles. The molecule has 1 aromatic heterocycles. The van der Waals surface area contributed by atoms with Crippen molar-refractivity contribution in [3.8, 4) is 11.5 Å². The van der Waals surface area contributed by atoms with Crippen LogP contribution >= 0.6 is 0 Å². The molecule has 0 unspecified atom stereocenters. The second kappa shape index (κ2) is 10.9. The monoisotopic (exact) mass is 457 g/mol. The summed E-state index contributed by atoms with van der Waals surface area (Å²) in [5, 5.41) is 3.02. The fourth-order valence-electron chi connectivity index (χ4n) is 4.00. The molecular weight excluding hydrogens is 426 g/mol. The van der Waals surface area contributed by atoms with Gasteiger partial charge < -0.3 is 19.4 Å². The smallest absolute Gasteiger partial charge is 0.224 e. The average molecular weight is 458 g/mol. The summed E-state index contributed by atoms with van der Waals surface area (Å²) in [6, 6.07) is 21.8. The second-order valence-electron chi connectivity index (χ2n) is 8.34. The van der Waals surface area contributed by atoms with Gasteiger partial charge >= 0.3 is 0 Å². The lowest BCUT2D eigenvalue weighted by molar-refractivity contribution is -0.120. The zero-order chi connectivity index (χ0) is 23.9. The highest BCUT2D eigenvalue weighted by atomic mass is 16.5. The first kappa shape index (κ1) is 23.4. The van der Waals surface area contributed by atoms with Crippen molar-refractivity contribution in [2.24, 2.45) is 0 Å². The number of methoxy groups -OCH3 is 1. The van der Waals surface area contributed by atoms with E-state index in [0.717, 1.165) is 39.5 Å². The maximum atomic E-state index is 12.4. The minimum absolute atomic E-state index is 0.00826. The van der Waals surface area contributed by atoms with Crippen molar-refractivity contribution in [1.29, 1.82) is 0 Å². The summed E-state index contributed by atoms with van der Waals surface area (Å²) < 4.78 is 13.5. The van der Waals surface area contributed by atoms with Crippen molar-refractivity contribution in [1.82, 2.24) is 14.9 Å². The van der Waals surface area contributed by atoms with E-state index in [1.54, 1.807) is 7.11 Å². The molecule has 0 aliphatic carbocycles. The number of carbonyl (C=O) groups excluding carboxylic acids is 1. The number of nitrogens with zero attached hydrogens (tertiary/aromatic N) is 2. The van der Waals surface area contributed by atoms with Gasteiger partial charge in [0.05, 0.1) is 31.1 Å². The number of para-hydroxylation sites is 2. The molecule has 1 heterocycles. The Bertz CT molecular complexity index is 1260. The molecule has 0 radical (unpaired) electrons. The zero-order valence-electron chi connectivity index (χ0n) is 20.0. The SMILES string of the molecule is COc1ccc(CC(=O)NCCc2nc3ccccc3n2CCOc2cccc(C)c2C)cc1. The normalized spacial score (nSPS) is 10.9. The molecule has 176 valence electrons. The van der Waals surface area contributed by atoms with E-state index in [1.165, 1.54) is 5.56 Å². The van der Waals surface area contributed by atoms with Crippen LogP contribution in [0.5, 0.6) is 11.5 Å². The van der Waals surface area contributed by atoms with Crippen molar-refractivity contribution in [3.63, 3.8) is 0 Å². The number of hydrogen-bond donors (Lipinski definition) is 1. The average Bonchev–Trinajstić information content (AvgIpc) is 3.19. The van der Waals surface area contributed by atoms with Crippen LogP contribution in [0, 0.1) is 13.8 Å². The van der Waals surface area contributed by atoms with Crippen LogP contribution in [0.1, 0.15) is 22.5 Å². The fraction of sp³-hybridized carbons (Fsp3) is 0.286. The molecule has 0 atom stereocenters. The molecule has 4 aromatic rings. The van der Waals surface area contributed by atoms with Gasteiger partial charge in [-0.3, -0.25) is 4.79 Å². The van der Waals surface area contributed by atoms with E-state index in [2.05, 4.69) is 35.9 Å². The summed E-state index contributed by atoms with van der Waals surface area (Å²) in [6.45, 7) is 5.92. The number of fused-ring (bicyclic) bond motifs is 1. The van der Waals surface area contributed by atoms with E-state index in [4.69, 9.17) is 14.5 Å². The molecule has 0 aliphatic heterocycles. The number of ether oxygens (including phenoxy) is 2. The van der Waals surface area contributed by atoms with Crippen LogP contribution in [-0.2, 0) is 24.2 Å². The van der Waals surface area contributed by atoms with Crippen LogP contribution in [-0.4, -0.2) is 35.7 Å². The van der Waals surface area contributed by atoms with Crippen LogP contribution in [0.2, 0.25) is 0 Å². The third-order valence-electron chi connectivity index (χ3n) is 6.06. The molecule has 6 nitrogen and oxygen atoms in total. The number of amides is 1. The quantitative estimate of drug-likeness (QED) is 0.377. The molecule has 6 heteroatoms. The second-order valence-corrected chi connectivity index (χ2v) is 8.34. The number of nitrogens with one attached hydrogen (secondary N) is 1. The lowest BCUT2D eigenvalue weighted by Crippen LogP contribution is -2.28. The largest absolute Gasteiger partial charge is 0.497 e. The third kappa shape index (κ3) is 5.57. The van der Waals surface area contributed by atoms with E-state index in [9.17, 15) is 4.79 Å². The van der Waals surface area contributed by atoms with Gasteiger partial charge in [0.25, 0.3) is 0 Å². The summed E-state index contributed by atoms with van der Waals surface area (Å²) in [5.74, 6) is 2.63. The van der Waals surface area contributed by atoms with E-state index in [-0.39, 0.29) is 5.91 Å². The maximum absolute atomic E-state index is 12.4. The highest BCUT2D eigenvalue weighted by molar-refractivity contribution is 5.78. The van der Waals surface area contributed by atoms with E-state index in [1.807, 2.05) is 54.6 Å². The molecule has 0 bridgehead atoms. The maximum Gasteiger partial charge on any atom is 0.224 e. The highest BCUT2D eigenvalue weighted by Crippen LogP contribution is 2.21. The van der Waals surface area contributed by atoms with Gasteiger partial charge in [-0.1, -0.05) is 36.4 Å². The Balaban J connectivity index is 1.37. The lowest BCUT2D eigenvalue weighted by atomic mass is 10.1. The molecule has 3 aromatic carbocycles. The molecule has 4 rings (SSSR count). The van der Waals surface area contributed by atoms with Crippen LogP contribution in [0.15, 0.2) is 66.7 Å². The molecule has 0 saturated heterocycles. The summed E-state index contributed by atoms with van der Waals surface area (Å²) in [5.41, 5.74) is 5.36. The highest BCUT2D eigenvalue weighted by Gasteiger charge is 2.12. The minimum atomic E-state index is -0.00826. The molecule has 0 aliphatic rings. The van der Waals surface area contributed by atoms with Gasteiger partial charge in [-0.25, -0.2) is 4.98 Å². The predicted molar refractivity (Wildman–Crippen MR) is 135 cm³/mol. The third-order valence-corrected chi connectivity index (χ3v) is 6.06. The first-order valence-corrected chi connectivity index (χ1v) is 11.6. The van der Waals surface area contributed by atoms with Crippen LogP contribution < -0.4 is 14.8 Å². The Morgan fingerprint density at radius 3 is 2.59 bits per heavy atom. The van der Waals surface area contributed by atoms with Gasteiger partial charge in [0.15, 0.2) is 0 Å². The first-order valence-electron chi connectivity index (χ1n) is 11.6. The summed E-state index contributed by atoms with van der Waals surface area (Å²) in [6.07, 6.45) is 0.983.